The van der Waals surface area contributed by atoms with Gasteiger partial charge in [-0.1, -0.05) is 0 Å². The molecule has 16 heavy (non-hydrogen) atoms. The zero-order valence-electron chi connectivity index (χ0n) is 9.27. The summed E-state index contributed by atoms with van der Waals surface area (Å²) in [6.07, 6.45) is 1.70. The number of ether oxygens (including phenoxy) is 1. The van der Waals surface area contributed by atoms with Gasteiger partial charge in [0.05, 0.1) is 24.2 Å². The van der Waals surface area contributed by atoms with E-state index in [4.69, 9.17) is 10.5 Å². The van der Waals surface area contributed by atoms with Crippen LogP contribution in [-0.2, 0) is 0 Å². The summed E-state index contributed by atoms with van der Waals surface area (Å²) >= 11 is 0. The van der Waals surface area contributed by atoms with Crippen molar-refractivity contribution in [1.29, 1.82) is 0 Å². The number of hydrogen-bond acceptors (Lipinski definition) is 4. The molecule has 0 bridgehead atoms. The fourth-order valence-electron chi connectivity index (χ4n) is 1.41. The Kier molecular flexibility index (Phi) is 2.72. The van der Waals surface area contributed by atoms with Crippen LogP contribution in [0.5, 0.6) is 5.88 Å². The van der Waals surface area contributed by atoms with Gasteiger partial charge in [-0.25, -0.2) is 4.98 Å². The molecule has 2 N–H and O–H groups in total. The average molecular weight is 215 g/mol. The number of pyridine rings is 2. The van der Waals surface area contributed by atoms with Crippen molar-refractivity contribution in [1.82, 2.24) is 9.97 Å². The highest BCUT2D eigenvalue weighted by molar-refractivity contribution is 5.62. The third-order valence-electron chi connectivity index (χ3n) is 2.37. The summed E-state index contributed by atoms with van der Waals surface area (Å²) in [6.45, 7) is 1.89. The van der Waals surface area contributed by atoms with Gasteiger partial charge in [0.25, 0.3) is 0 Å². The molecule has 4 nitrogen and oxygen atoms in total. The van der Waals surface area contributed by atoms with E-state index in [1.54, 1.807) is 13.3 Å². The van der Waals surface area contributed by atoms with E-state index in [0.29, 0.717) is 11.6 Å². The lowest BCUT2D eigenvalue weighted by atomic mass is 10.1. The molecule has 0 aliphatic rings. The van der Waals surface area contributed by atoms with E-state index in [-0.39, 0.29) is 0 Å². The highest BCUT2D eigenvalue weighted by atomic mass is 16.5. The molecule has 0 atom stereocenters. The number of hydrogen-bond donors (Lipinski definition) is 1. The average Bonchev–Trinajstić information content (AvgIpc) is 2.33. The van der Waals surface area contributed by atoms with Crippen LogP contribution in [0.3, 0.4) is 0 Å². The number of nitrogens with zero attached hydrogens (tertiary/aromatic N) is 2. The molecule has 2 aromatic rings. The lowest BCUT2D eigenvalue weighted by Crippen LogP contribution is -1.95. The maximum atomic E-state index is 5.72. The van der Waals surface area contributed by atoms with Gasteiger partial charge in [0, 0.05) is 17.8 Å². The molecule has 0 aliphatic carbocycles. The third-order valence-corrected chi connectivity index (χ3v) is 2.37. The maximum Gasteiger partial charge on any atom is 0.213 e. The molecular formula is C12H13N3O. The Balaban J connectivity index is 2.46. The number of nitrogen functional groups attached to an aromatic ring is 1. The van der Waals surface area contributed by atoms with Crippen molar-refractivity contribution in [2.24, 2.45) is 0 Å². The topological polar surface area (TPSA) is 61.0 Å². The summed E-state index contributed by atoms with van der Waals surface area (Å²) in [5.41, 5.74) is 9.08. The van der Waals surface area contributed by atoms with Crippen molar-refractivity contribution in [3.05, 3.63) is 36.2 Å². The molecule has 2 rings (SSSR count). The fraction of sp³-hybridized carbons (Fsp3) is 0.167. The summed E-state index contributed by atoms with van der Waals surface area (Å²) in [7, 11) is 1.59. The number of methoxy groups -OCH3 is 1. The zero-order valence-corrected chi connectivity index (χ0v) is 9.27. The molecular weight excluding hydrogens is 202 g/mol. The summed E-state index contributed by atoms with van der Waals surface area (Å²) in [6, 6.07) is 7.47. The van der Waals surface area contributed by atoms with Gasteiger partial charge in [0.15, 0.2) is 0 Å². The molecule has 0 radical (unpaired) electrons. The molecule has 0 fully saturated rings. The SMILES string of the molecule is COc1cc(-c2ccc(N)c(C)n2)ccn1. The maximum absolute atomic E-state index is 5.72. The van der Waals surface area contributed by atoms with Gasteiger partial charge in [-0.15, -0.1) is 0 Å². The van der Waals surface area contributed by atoms with E-state index < -0.39 is 0 Å². The molecule has 0 saturated carbocycles. The second-order valence-electron chi connectivity index (χ2n) is 3.46. The van der Waals surface area contributed by atoms with Crippen molar-refractivity contribution in [2.75, 3.05) is 12.8 Å². The van der Waals surface area contributed by atoms with Crippen LogP contribution in [0.4, 0.5) is 5.69 Å². The van der Waals surface area contributed by atoms with Crippen LogP contribution < -0.4 is 10.5 Å². The highest BCUT2D eigenvalue weighted by Gasteiger charge is 2.03. The number of nitrogens with two attached hydrogens (primary N) is 1. The first-order valence-corrected chi connectivity index (χ1v) is 4.94. The van der Waals surface area contributed by atoms with Crippen LogP contribution in [0.25, 0.3) is 11.3 Å². The molecule has 0 unspecified atom stereocenters. The molecule has 0 saturated heterocycles. The van der Waals surface area contributed by atoms with Crippen molar-refractivity contribution in [3.63, 3.8) is 0 Å². The summed E-state index contributed by atoms with van der Waals surface area (Å²) in [4.78, 5) is 8.46. The Morgan fingerprint density at radius 1 is 1.25 bits per heavy atom. The van der Waals surface area contributed by atoms with Gasteiger partial charge < -0.3 is 10.5 Å². The van der Waals surface area contributed by atoms with E-state index in [1.165, 1.54) is 0 Å². The quantitative estimate of drug-likeness (QED) is 0.832. The molecule has 0 aromatic carbocycles. The second-order valence-corrected chi connectivity index (χ2v) is 3.46. The Hall–Kier alpha value is -2.10. The van der Waals surface area contributed by atoms with E-state index in [1.807, 2.05) is 31.2 Å². The van der Waals surface area contributed by atoms with Gasteiger partial charge in [-0.3, -0.25) is 4.98 Å². The minimum absolute atomic E-state index is 0.578. The molecule has 2 heterocycles. The van der Waals surface area contributed by atoms with Crippen LogP contribution in [-0.4, -0.2) is 17.1 Å². The molecule has 82 valence electrons. The zero-order chi connectivity index (χ0) is 11.5. The standard InChI is InChI=1S/C12H13N3O/c1-8-10(13)3-4-11(15-8)9-5-6-14-12(7-9)16-2/h3-7H,13H2,1-2H3. The van der Waals surface area contributed by atoms with E-state index in [0.717, 1.165) is 17.0 Å². The van der Waals surface area contributed by atoms with Gasteiger partial charge in [0.2, 0.25) is 5.88 Å². The minimum atomic E-state index is 0.578. The van der Waals surface area contributed by atoms with Crippen LogP contribution >= 0.6 is 0 Å². The third kappa shape index (κ3) is 1.95. The fourth-order valence-corrected chi connectivity index (χ4v) is 1.41. The van der Waals surface area contributed by atoms with Crippen LogP contribution in [0, 0.1) is 6.92 Å². The van der Waals surface area contributed by atoms with Crippen LogP contribution in [0.2, 0.25) is 0 Å². The predicted molar refractivity (Wildman–Crippen MR) is 63.2 cm³/mol. The van der Waals surface area contributed by atoms with Crippen molar-refractivity contribution in [2.45, 2.75) is 6.92 Å². The number of anilines is 1. The Morgan fingerprint density at radius 3 is 2.75 bits per heavy atom. The first-order valence-electron chi connectivity index (χ1n) is 4.94. The number of aromatic nitrogens is 2. The molecule has 4 heteroatoms. The first kappa shape index (κ1) is 10.4. The van der Waals surface area contributed by atoms with E-state index in [2.05, 4.69) is 9.97 Å². The summed E-state index contributed by atoms with van der Waals surface area (Å²) in [5.74, 6) is 0.578. The van der Waals surface area contributed by atoms with Gasteiger partial charge in [-0.05, 0) is 25.1 Å². The predicted octanol–water partition coefficient (Wildman–Crippen LogP) is 2.04. The van der Waals surface area contributed by atoms with Crippen LogP contribution in [0.15, 0.2) is 30.5 Å². The summed E-state index contributed by atoms with van der Waals surface area (Å²) in [5, 5.41) is 0. The number of rotatable bonds is 2. The lowest BCUT2D eigenvalue weighted by Gasteiger charge is -2.05. The van der Waals surface area contributed by atoms with Gasteiger partial charge in [-0.2, -0.15) is 0 Å². The van der Waals surface area contributed by atoms with Gasteiger partial charge in [0.1, 0.15) is 0 Å². The normalized spacial score (nSPS) is 10.1. The molecule has 0 aliphatic heterocycles. The van der Waals surface area contributed by atoms with E-state index >= 15 is 0 Å². The van der Waals surface area contributed by atoms with Crippen LogP contribution in [0.1, 0.15) is 5.69 Å². The van der Waals surface area contributed by atoms with Crippen molar-refractivity contribution < 1.29 is 4.74 Å². The Labute approximate surface area is 94.1 Å². The smallest absolute Gasteiger partial charge is 0.213 e. The Morgan fingerprint density at radius 2 is 2.06 bits per heavy atom. The Bertz CT molecular complexity index is 511. The summed E-state index contributed by atoms with van der Waals surface area (Å²) < 4.78 is 5.07. The lowest BCUT2D eigenvalue weighted by molar-refractivity contribution is 0.398. The first-order chi connectivity index (χ1) is 7.70. The molecule has 2 aromatic heterocycles. The largest absolute Gasteiger partial charge is 0.481 e. The number of aryl methyl sites for hydroxylation is 1. The van der Waals surface area contributed by atoms with Crippen molar-refractivity contribution in [3.8, 4) is 17.1 Å². The molecule has 0 spiro atoms. The molecule has 0 amide bonds. The second kappa shape index (κ2) is 4.18. The monoisotopic (exact) mass is 215 g/mol. The highest BCUT2D eigenvalue weighted by Crippen LogP contribution is 2.22. The van der Waals surface area contributed by atoms with E-state index in [9.17, 15) is 0 Å². The van der Waals surface area contributed by atoms with Crippen molar-refractivity contribution >= 4 is 5.69 Å². The van der Waals surface area contributed by atoms with Gasteiger partial charge >= 0.3 is 0 Å². The minimum Gasteiger partial charge on any atom is -0.481 e.